The highest BCUT2D eigenvalue weighted by Gasteiger charge is 2.23. The molecule has 0 aliphatic carbocycles. The lowest BCUT2D eigenvalue weighted by Crippen LogP contribution is -2.13. The predicted molar refractivity (Wildman–Crippen MR) is 141 cm³/mol. The molecule has 0 saturated carbocycles. The second kappa shape index (κ2) is 10.6. The van der Waals surface area contributed by atoms with Crippen LogP contribution in [0.4, 0.5) is 17.1 Å². The van der Waals surface area contributed by atoms with Gasteiger partial charge >= 0.3 is 0 Å². The second-order valence-corrected chi connectivity index (χ2v) is 9.65. The Labute approximate surface area is 218 Å². The summed E-state index contributed by atoms with van der Waals surface area (Å²) in [7, 11) is -3.27. The summed E-state index contributed by atoms with van der Waals surface area (Å²) in [4.78, 5) is 12.6. The molecule has 0 unspecified atom stereocenters. The van der Waals surface area contributed by atoms with Gasteiger partial charge in [-0.25, -0.2) is 0 Å². The highest BCUT2D eigenvalue weighted by molar-refractivity contribution is 7.86. The van der Waals surface area contributed by atoms with E-state index in [0.717, 1.165) is 0 Å². The third-order valence-corrected chi connectivity index (χ3v) is 7.12. The van der Waals surface area contributed by atoms with Crippen LogP contribution in [0.3, 0.4) is 0 Å². The van der Waals surface area contributed by atoms with Gasteiger partial charge in [-0.2, -0.15) is 8.42 Å². The lowest BCUT2D eigenvalue weighted by Gasteiger charge is -2.13. The first kappa shape index (κ1) is 26.1. The number of hydrogen-bond acceptors (Lipinski definition) is 7. The molecule has 11 heteroatoms. The van der Waals surface area contributed by atoms with Crippen molar-refractivity contribution in [2.24, 2.45) is 10.2 Å². The van der Waals surface area contributed by atoms with Crippen molar-refractivity contribution >= 4 is 55.5 Å². The lowest BCUT2D eigenvalue weighted by molar-refractivity contribution is 0.102. The third-order valence-electron chi connectivity index (χ3n) is 5.65. The number of hydrogen-bond donors (Lipinski definition) is 3. The van der Waals surface area contributed by atoms with E-state index in [0.29, 0.717) is 34.2 Å². The number of amides is 1. The van der Waals surface area contributed by atoms with E-state index in [1.54, 1.807) is 61.5 Å². The van der Waals surface area contributed by atoms with Gasteiger partial charge in [0.15, 0.2) is 5.75 Å². The van der Waals surface area contributed by atoms with Crippen molar-refractivity contribution in [3.05, 3.63) is 82.9 Å². The summed E-state index contributed by atoms with van der Waals surface area (Å²) < 4.78 is 39.2. The van der Waals surface area contributed by atoms with Gasteiger partial charge in [0.25, 0.3) is 16.0 Å². The van der Waals surface area contributed by atoms with Crippen LogP contribution in [0.15, 0.2) is 81.9 Å². The molecule has 4 aromatic rings. The summed E-state index contributed by atoms with van der Waals surface area (Å²) in [5.74, 6) is -0.668. The molecule has 0 atom stereocenters. The summed E-state index contributed by atoms with van der Waals surface area (Å²) in [6.07, 6.45) is 0.424. The van der Waals surface area contributed by atoms with Crippen LogP contribution >= 0.6 is 11.6 Å². The van der Waals surface area contributed by atoms with Crippen LogP contribution in [-0.4, -0.2) is 31.1 Å². The minimum Gasteiger partial charge on any atom is -0.505 e. The summed E-state index contributed by atoms with van der Waals surface area (Å²) in [6.45, 7) is 1.78. The first-order valence-corrected chi connectivity index (χ1v) is 12.9. The molecular formula is C26H22ClN3O6S. The van der Waals surface area contributed by atoms with Crippen LogP contribution in [0.1, 0.15) is 22.8 Å². The maximum Gasteiger partial charge on any atom is 0.298 e. The van der Waals surface area contributed by atoms with Gasteiger partial charge in [0.2, 0.25) is 0 Å². The number of para-hydroxylation sites is 2. The molecule has 0 aliphatic rings. The molecule has 3 N–H and O–H groups in total. The van der Waals surface area contributed by atoms with Gasteiger partial charge in [-0.15, -0.1) is 10.2 Å². The highest BCUT2D eigenvalue weighted by atomic mass is 35.5. The maximum absolute atomic E-state index is 13.1. The number of fused-ring (bicyclic) bond motifs is 1. The van der Waals surface area contributed by atoms with E-state index in [2.05, 4.69) is 15.5 Å². The number of carbonyl (C=O) groups is 1. The molecule has 0 aromatic heterocycles. The van der Waals surface area contributed by atoms with Crippen molar-refractivity contribution in [1.29, 1.82) is 0 Å². The fourth-order valence-electron chi connectivity index (χ4n) is 3.82. The van der Waals surface area contributed by atoms with Crippen LogP contribution in [0.5, 0.6) is 11.5 Å². The summed E-state index contributed by atoms with van der Waals surface area (Å²) >= 11 is 6.22. The smallest absolute Gasteiger partial charge is 0.298 e. The summed E-state index contributed by atoms with van der Waals surface area (Å²) in [5.41, 5.74) is 0.510. The van der Waals surface area contributed by atoms with Crippen molar-refractivity contribution in [3.8, 4) is 11.5 Å². The van der Waals surface area contributed by atoms with Gasteiger partial charge in [0, 0.05) is 5.39 Å². The topological polar surface area (TPSA) is 138 Å². The third kappa shape index (κ3) is 5.26. The minimum absolute atomic E-state index is 0.0692. The number of carbonyl (C=O) groups excluding carboxylic acids is 1. The Hall–Kier alpha value is -3.99. The van der Waals surface area contributed by atoms with E-state index in [-0.39, 0.29) is 22.0 Å². The van der Waals surface area contributed by atoms with Gasteiger partial charge in [-0.1, -0.05) is 61.0 Å². The average Bonchev–Trinajstić information content (AvgIpc) is 2.87. The van der Waals surface area contributed by atoms with E-state index in [1.807, 2.05) is 0 Å². The fourth-order valence-corrected chi connectivity index (χ4v) is 5.13. The van der Waals surface area contributed by atoms with Crippen LogP contribution in [0.2, 0.25) is 5.02 Å². The Kier molecular flexibility index (Phi) is 7.44. The molecule has 4 aromatic carbocycles. The average molecular weight is 540 g/mol. The van der Waals surface area contributed by atoms with Crippen LogP contribution in [0.25, 0.3) is 10.8 Å². The Morgan fingerprint density at radius 2 is 1.76 bits per heavy atom. The van der Waals surface area contributed by atoms with Crippen molar-refractivity contribution in [2.75, 3.05) is 12.4 Å². The number of azo groups is 1. The number of aryl methyl sites for hydroxylation is 1. The SMILES string of the molecule is CCc1ccc(N=Nc2c(O)c(C(=O)Nc3ccccc3OC)cc3ccccc23)c(S(=O)(=O)O)c1Cl. The van der Waals surface area contributed by atoms with E-state index in [1.165, 1.54) is 19.2 Å². The Morgan fingerprint density at radius 1 is 1.05 bits per heavy atom. The van der Waals surface area contributed by atoms with Crippen molar-refractivity contribution in [1.82, 2.24) is 0 Å². The van der Waals surface area contributed by atoms with Crippen molar-refractivity contribution in [2.45, 2.75) is 18.2 Å². The first-order chi connectivity index (χ1) is 17.7. The number of anilines is 1. The van der Waals surface area contributed by atoms with Crippen molar-refractivity contribution in [3.63, 3.8) is 0 Å². The van der Waals surface area contributed by atoms with Gasteiger partial charge in [0.05, 0.1) is 23.4 Å². The van der Waals surface area contributed by atoms with E-state index in [9.17, 15) is 22.9 Å². The Morgan fingerprint density at radius 3 is 2.46 bits per heavy atom. The summed E-state index contributed by atoms with van der Waals surface area (Å²) in [5, 5.41) is 22.7. The highest BCUT2D eigenvalue weighted by Crippen LogP contribution is 2.41. The molecule has 190 valence electrons. The molecule has 4 rings (SSSR count). The number of methoxy groups -OCH3 is 1. The lowest BCUT2D eigenvalue weighted by atomic mass is 10.0. The number of nitrogens with one attached hydrogen (secondary N) is 1. The Balaban J connectivity index is 1.85. The number of halogens is 1. The molecule has 1 amide bonds. The molecule has 0 heterocycles. The molecular weight excluding hydrogens is 518 g/mol. The van der Waals surface area contributed by atoms with Crippen LogP contribution in [0, 0.1) is 0 Å². The number of aromatic hydroxyl groups is 1. The molecule has 0 fully saturated rings. The Bertz CT molecular complexity index is 1650. The number of phenolic OH excluding ortho intramolecular Hbond substituents is 1. The number of nitrogens with zero attached hydrogens (tertiary/aromatic N) is 2. The molecule has 0 saturated heterocycles. The zero-order chi connectivity index (χ0) is 26.7. The number of benzene rings is 4. The summed E-state index contributed by atoms with van der Waals surface area (Å²) in [6, 6.07) is 18.1. The molecule has 9 nitrogen and oxygen atoms in total. The zero-order valence-electron chi connectivity index (χ0n) is 19.8. The first-order valence-electron chi connectivity index (χ1n) is 11.0. The quantitative estimate of drug-likeness (QED) is 0.177. The molecule has 0 spiro atoms. The van der Waals surface area contributed by atoms with E-state index in [4.69, 9.17) is 16.3 Å². The predicted octanol–water partition coefficient (Wildman–Crippen LogP) is 6.68. The van der Waals surface area contributed by atoms with Gasteiger partial charge < -0.3 is 15.2 Å². The molecule has 0 bridgehead atoms. The normalized spacial score (nSPS) is 11.7. The molecule has 37 heavy (non-hydrogen) atoms. The zero-order valence-corrected chi connectivity index (χ0v) is 21.3. The monoisotopic (exact) mass is 539 g/mol. The van der Waals surface area contributed by atoms with Crippen LogP contribution < -0.4 is 10.1 Å². The number of ether oxygens (including phenoxy) is 1. The maximum atomic E-state index is 13.1. The van der Waals surface area contributed by atoms with E-state index >= 15 is 0 Å². The standard InChI is InChI=1S/C26H22ClN3O6S/c1-3-15-12-13-20(25(22(15)27)37(33,34)35)29-30-23-17-9-5-4-8-16(17)14-18(24(23)31)26(32)28-19-10-6-7-11-21(19)36-2/h4-14,31H,3H2,1-2H3,(H,28,32)(H,33,34,35). The largest absolute Gasteiger partial charge is 0.505 e. The fraction of sp³-hybridized carbons (Fsp3) is 0.115. The van der Waals surface area contributed by atoms with Gasteiger partial charge in [-0.05, 0) is 41.6 Å². The number of phenols is 1. The number of rotatable bonds is 7. The van der Waals surface area contributed by atoms with Gasteiger partial charge in [-0.3, -0.25) is 9.35 Å². The minimum atomic E-state index is -4.74. The van der Waals surface area contributed by atoms with Crippen LogP contribution in [-0.2, 0) is 16.5 Å². The second-order valence-electron chi connectivity index (χ2n) is 7.91. The molecule has 0 radical (unpaired) electrons. The van der Waals surface area contributed by atoms with Gasteiger partial charge in [0.1, 0.15) is 22.0 Å². The van der Waals surface area contributed by atoms with E-state index < -0.39 is 26.7 Å². The molecule has 0 aliphatic heterocycles. The van der Waals surface area contributed by atoms with Crippen molar-refractivity contribution < 1.29 is 27.6 Å².